The van der Waals surface area contributed by atoms with Gasteiger partial charge >= 0.3 is 7.12 Å². The smallest absolute Gasteiger partial charge is 0.397 e. The third-order valence-electron chi connectivity index (χ3n) is 3.91. The van der Waals surface area contributed by atoms with Crippen LogP contribution in [-0.4, -0.2) is 33.1 Å². The van der Waals surface area contributed by atoms with Gasteiger partial charge < -0.3 is 9.31 Å². The first-order valence-corrected chi connectivity index (χ1v) is 6.16. The third-order valence-corrected chi connectivity index (χ3v) is 3.91. The van der Waals surface area contributed by atoms with Gasteiger partial charge in [-0.05, 0) is 40.5 Å². The number of hydrogen-bond donors (Lipinski definition) is 0. The van der Waals surface area contributed by atoms with E-state index < -0.39 is 7.12 Å². The van der Waals surface area contributed by atoms with Gasteiger partial charge in [-0.3, -0.25) is 4.68 Å². The van der Waals surface area contributed by atoms with Crippen molar-refractivity contribution in [1.29, 1.82) is 0 Å². The summed E-state index contributed by atoms with van der Waals surface area (Å²) in [6.07, 6.45) is 4.18. The van der Waals surface area contributed by atoms with Gasteiger partial charge in [0, 0.05) is 0 Å². The normalized spacial score (nSPS) is 26.5. The predicted molar refractivity (Wildman–Crippen MR) is 64.0 cm³/mol. The highest BCUT2D eigenvalue weighted by Gasteiger charge is 2.53. The van der Waals surface area contributed by atoms with Crippen LogP contribution in [0.25, 0.3) is 0 Å². The zero-order valence-electron chi connectivity index (χ0n) is 10.8. The highest BCUT2D eigenvalue weighted by atomic mass is 16.7. The summed E-state index contributed by atoms with van der Waals surface area (Å²) in [4.78, 5) is 4.29. The van der Waals surface area contributed by atoms with Gasteiger partial charge in [-0.15, -0.1) is 0 Å². The van der Waals surface area contributed by atoms with E-state index >= 15 is 0 Å². The van der Waals surface area contributed by atoms with Gasteiger partial charge in [-0.2, -0.15) is 5.10 Å². The molecule has 3 rings (SSSR count). The number of hydrogen-bond acceptors (Lipinski definition) is 4. The van der Waals surface area contributed by atoms with E-state index in [1.54, 1.807) is 6.33 Å². The van der Waals surface area contributed by atoms with E-state index in [1.807, 2.05) is 32.4 Å². The highest BCUT2D eigenvalue weighted by Crippen LogP contribution is 2.36. The van der Waals surface area contributed by atoms with E-state index in [1.165, 1.54) is 12.8 Å². The van der Waals surface area contributed by atoms with E-state index in [0.29, 0.717) is 11.8 Å². The molecule has 0 spiro atoms. The second-order valence-electron chi connectivity index (χ2n) is 5.90. The monoisotopic (exact) mass is 235 g/mol. The Bertz CT molecular complexity index is 424. The van der Waals surface area contributed by atoms with Gasteiger partial charge in [0.05, 0.1) is 17.2 Å². The highest BCUT2D eigenvalue weighted by molar-refractivity contribution is 6.60. The number of aromatic nitrogens is 3. The van der Waals surface area contributed by atoms with Crippen LogP contribution in [0.4, 0.5) is 0 Å². The van der Waals surface area contributed by atoms with Crippen LogP contribution in [0.3, 0.4) is 0 Å². The van der Waals surface area contributed by atoms with E-state index in [0.717, 1.165) is 0 Å². The second-order valence-corrected chi connectivity index (χ2v) is 5.90. The summed E-state index contributed by atoms with van der Waals surface area (Å²) in [5, 5.41) is 4.44. The molecule has 1 aliphatic carbocycles. The lowest BCUT2D eigenvalue weighted by Gasteiger charge is -2.32. The van der Waals surface area contributed by atoms with Crippen molar-refractivity contribution in [2.24, 2.45) is 0 Å². The maximum atomic E-state index is 5.90. The zero-order chi connectivity index (χ0) is 12.3. The Balaban J connectivity index is 1.81. The van der Waals surface area contributed by atoms with Gasteiger partial charge in [0.25, 0.3) is 0 Å². The van der Waals surface area contributed by atoms with Crippen molar-refractivity contribution >= 4 is 12.8 Å². The van der Waals surface area contributed by atoms with Crippen LogP contribution >= 0.6 is 0 Å². The summed E-state index contributed by atoms with van der Waals surface area (Å²) in [7, 11) is -0.444. The Morgan fingerprint density at radius 3 is 2.35 bits per heavy atom. The molecule has 1 aromatic heterocycles. The van der Waals surface area contributed by atoms with Gasteiger partial charge in [0.1, 0.15) is 6.33 Å². The predicted octanol–water partition coefficient (Wildman–Crippen LogP) is 0.912. The summed E-state index contributed by atoms with van der Waals surface area (Å²) in [6.45, 7) is 8.13. The van der Waals surface area contributed by atoms with Crippen molar-refractivity contribution in [3.8, 4) is 0 Å². The third kappa shape index (κ3) is 1.79. The van der Waals surface area contributed by atoms with Gasteiger partial charge in [0.15, 0.2) is 5.72 Å². The Morgan fingerprint density at radius 1 is 1.24 bits per heavy atom. The molecule has 92 valence electrons. The van der Waals surface area contributed by atoms with E-state index in [2.05, 4.69) is 10.1 Å². The van der Waals surface area contributed by atoms with Crippen molar-refractivity contribution in [1.82, 2.24) is 14.8 Å². The standard InChI is InChI=1S/C11H18BN3O2/c1-10(2)11(3,4)17-12(16-10)9-13-7-15(14-9)8-5-6-8/h7-8H,5-6H2,1-4H3. The molecule has 2 fully saturated rings. The largest absolute Gasteiger partial charge is 0.536 e. The molecule has 17 heavy (non-hydrogen) atoms. The first-order chi connectivity index (χ1) is 7.89. The average Bonchev–Trinajstić information content (AvgIpc) is 2.89. The van der Waals surface area contributed by atoms with Gasteiger partial charge in [-0.1, -0.05) is 0 Å². The summed E-state index contributed by atoms with van der Waals surface area (Å²) in [5.41, 5.74) is -0.0265. The molecule has 5 nitrogen and oxygen atoms in total. The molecule has 2 heterocycles. The first-order valence-electron chi connectivity index (χ1n) is 6.16. The topological polar surface area (TPSA) is 49.2 Å². The molecule has 1 aliphatic heterocycles. The van der Waals surface area contributed by atoms with Crippen molar-refractivity contribution < 1.29 is 9.31 Å². The van der Waals surface area contributed by atoms with Crippen LogP contribution < -0.4 is 5.72 Å². The fourth-order valence-electron chi connectivity index (χ4n) is 1.86. The Hall–Kier alpha value is -0.875. The Labute approximate surface area is 102 Å². The molecule has 0 N–H and O–H groups in total. The number of rotatable bonds is 2. The van der Waals surface area contributed by atoms with Crippen molar-refractivity contribution in [2.45, 2.75) is 57.8 Å². The van der Waals surface area contributed by atoms with Crippen molar-refractivity contribution in [2.75, 3.05) is 0 Å². The summed E-state index contributed by atoms with van der Waals surface area (Å²) >= 11 is 0. The van der Waals surface area contributed by atoms with Crippen molar-refractivity contribution in [3.63, 3.8) is 0 Å². The summed E-state index contributed by atoms with van der Waals surface area (Å²) < 4.78 is 13.7. The maximum Gasteiger partial charge on any atom is 0.536 e. The lowest BCUT2D eigenvalue weighted by molar-refractivity contribution is 0.00578. The lowest BCUT2D eigenvalue weighted by Crippen LogP contribution is -2.41. The molecule has 1 saturated heterocycles. The molecule has 0 aromatic carbocycles. The van der Waals surface area contributed by atoms with Gasteiger partial charge in [-0.25, -0.2) is 4.98 Å². The lowest BCUT2D eigenvalue weighted by atomic mass is 9.90. The summed E-state index contributed by atoms with van der Waals surface area (Å²) in [5.74, 6) is 0. The van der Waals surface area contributed by atoms with Crippen molar-refractivity contribution in [3.05, 3.63) is 6.33 Å². The second kappa shape index (κ2) is 3.33. The molecule has 0 radical (unpaired) electrons. The first kappa shape index (κ1) is 11.2. The van der Waals surface area contributed by atoms with E-state index in [-0.39, 0.29) is 11.2 Å². The van der Waals surface area contributed by atoms with Gasteiger partial charge in [0.2, 0.25) is 0 Å². The molecule has 0 amide bonds. The number of nitrogens with zero attached hydrogens (tertiary/aromatic N) is 3. The molecule has 0 bridgehead atoms. The van der Waals surface area contributed by atoms with Crippen LogP contribution in [0.15, 0.2) is 6.33 Å². The minimum absolute atomic E-state index is 0.331. The Kier molecular flexibility index (Phi) is 2.20. The molecular weight excluding hydrogens is 217 g/mol. The van der Waals surface area contributed by atoms with E-state index in [9.17, 15) is 0 Å². The maximum absolute atomic E-state index is 5.90. The average molecular weight is 235 g/mol. The minimum atomic E-state index is -0.444. The van der Waals surface area contributed by atoms with Crippen LogP contribution in [0, 0.1) is 0 Å². The van der Waals surface area contributed by atoms with Crippen LogP contribution in [0.1, 0.15) is 46.6 Å². The molecule has 2 aliphatic rings. The summed E-state index contributed by atoms with van der Waals surface area (Å²) in [6, 6.07) is 0.540. The quantitative estimate of drug-likeness (QED) is 0.715. The zero-order valence-corrected chi connectivity index (χ0v) is 10.8. The van der Waals surface area contributed by atoms with Crippen LogP contribution in [0.5, 0.6) is 0 Å². The minimum Gasteiger partial charge on any atom is -0.397 e. The molecule has 0 atom stereocenters. The van der Waals surface area contributed by atoms with Crippen LogP contribution in [0.2, 0.25) is 0 Å². The van der Waals surface area contributed by atoms with Crippen LogP contribution in [-0.2, 0) is 9.31 Å². The molecule has 1 saturated carbocycles. The molecule has 6 heteroatoms. The Morgan fingerprint density at radius 2 is 1.82 bits per heavy atom. The SMILES string of the molecule is CC1(C)OB(c2ncn(C3CC3)n2)OC1(C)C. The fraction of sp³-hybridized carbons (Fsp3) is 0.818. The molecular formula is C11H18BN3O2. The molecule has 0 unspecified atom stereocenters. The molecule has 1 aromatic rings. The van der Waals surface area contributed by atoms with E-state index in [4.69, 9.17) is 9.31 Å². The fourth-order valence-corrected chi connectivity index (χ4v) is 1.86.